The smallest absolute Gasteiger partial charge is 0.306 e. The van der Waals surface area contributed by atoms with Crippen LogP contribution in [0.2, 0.25) is 0 Å². The van der Waals surface area contributed by atoms with Gasteiger partial charge in [0.1, 0.15) is 5.75 Å². The van der Waals surface area contributed by atoms with Crippen molar-refractivity contribution in [1.82, 2.24) is 5.32 Å². The van der Waals surface area contributed by atoms with Crippen molar-refractivity contribution in [3.8, 4) is 5.75 Å². The highest BCUT2D eigenvalue weighted by molar-refractivity contribution is 5.78. The van der Waals surface area contributed by atoms with E-state index in [1.165, 1.54) is 0 Å². The predicted molar refractivity (Wildman–Crippen MR) is 80.3 cm³/mol. The fraction of sp³-hybridized carbons (Fsp3) is 0.500. The summed E-state index contributed by atoms with van der Waals surface area (Å²) < 4.78 is 5.16. The van der Waals surface area contributed by atoms with Gasteiger partial charge in [-0.3, -0.25) is 9.59 Å². The van der Waals surface area contributed by atoms with Gasteiger partial charge in [-0.15, -0.1) is 0 Å². The van der Waals surface area contributed by atoms with E-state index < -0.39 is 11.5 Å². The highest BCUT2D eigenvalue weighted by atomic mass is 16.5. The van der Waals surface area contributed by atoms with Gasteiger partial charge in [-0.2, -0.15) is 0 Å². The fourth-order valence-electron chi connectivity index (χ4n) is 2.19. The number of nitrogens with one attached hydrogen (secondary N) is 1. The molecular formula is C16H23NO4. The van der Waals surface area contributed by atoms with Crippen molar-refractivity contribution < 1.29 is 19.4 Å². The minimum atomic E-state index is -0.962. The Morgan fingerprint density at radius 2 is 2.10 bits per heavy atom. The van der Waals surface area contributed by atoms with Crippen molar-refractivity contribution in [2.24, 2.45) is 0 Å². The van der Waals surface area contributed by atoms with E-state index >= 15 is 0 Å². The molecule has 0 aliphatic rings. The van der Waals surface area contributed by atoms with Gasteiger partial charge in [-0.25, -0.2) is 0 Å². The quantitative estimate of drug-likeness (QED) is 0.772. The molecule has 0 saturated carbocycles. The Labute approximate surface area is 125 Å². The van der Waals surface area contributed by atoms with Crippen LogP contribution in [0, 0.1) is 0 Å². The fourth-order valence-corrected chi connectivity index (χ4v) is 2.19. The maximum Gasteiger partial charge on any atom is 0.306 e. The molecule has 1 rings (SSSR count). The number of ether oxygens (including phenoxy) is 1. The largest absolute Gasteiger partial charge is 0.497 e. The van der Waals surface area contributed by atoms with Gasteiger partial charge in [0.05, 0.1) is 19.1 Å². The second kappa shape index (κ2) is 7.67. The summed E-state index contributed by atoms with van der Waals surface area (Å²) in [4.78, 5) is 23.1. The van der Waals surface area contributed by atoms with Gasteiger partial charge in [0.2, 0.25) is 5.91 Å². The van der Waals surface area contributed by atoms with Crippen molar-refractivity contribution in [2.45, 2.75) is 45.1 Å². The third kappa shape index (κ3) is 5.10. The summed E-state index contributed by atoms with van der Waals surface area (Å²) in [7, 11) is 1.55. The number of rotatable bonds is 8. The van der Waals surface area contributed by atoms with Crippen molar-refractivity contribution in [1.29, 1.82) is 0 Å². The molecule has 0 radical (unpaired) electrons. The number of hydrogen-bond donors (Lipinski definition) is 2. The summed E-state index contributed by atoms with van der Waals surface area (Å²) in [5.41, 5.74) is -0.236. The van der Waals surface area contributed by atoms with Crippen LogP contribution < -0.4 is 10.1 Å². The lowest BCUT2D eigenvalue weighted by Crippen LogP contribution is -2.45. The minimum absolute atomic E-state index is 0.136. The van der Waals surface area contributed by atoms with Crippen molar-refractivity contribution in [2.75, 3.05) is 7.11 Å². The third-order valence-corrected chi connectivity index (χ3v) is 3.38. The van der Waals surface area contributed by atoms with Crippen LogP contribution in [0.1, 0.15) is 45.1 Å². The van der Waals surface area contributed by atoms with Gasteiger partial charge in [-0.1, -0.05) is 25.5 Å². The molecule has 1 aromatic carbocycles. The Bertz CT molecular complexity index is 501. The van der Waals surface area contributed by atoms with E-state index in [0.717, 1.165) is 12.8 Å². The maximum absolute atomic E-state index is 12.0. The van der Waals surface area contributed by atoms with E-state index in [1.807, 2.05) is 6.92 Å². The van der Waals surface area contributed by atoms with Crippen LogP contribution in [-0.4, -0.2) is 24.1 Å². The lowest BCUT2D eigenvalue weighted by molar-refractivity contribution is -0.139. The minimum Gasteiger partial charge on any atom is -0.497 e. The van der Waals surface area contributed by atoms with Gasteiger partial charge in [0.15, 0.2) is 0 Å². The predicted octanol–water partition coefficient (Wildman–Crippen LogP) is 2.69. The molecule has 0 heterocycles. The summed E-state index contributed by atoms with van der Waals surface area (Å²) in [5.74, 6) is -0.466. The zero-order valence-electron chi connectivity index (χ0n) is 12.8. The Morgan fingerprint density at radius 3 is 2.67 bits per heavy atom. The third-order valence-electron chi connectivity index (χ3n) is 3.38. The van der Waals surface area contributed by atoms with E-state index in [0.29, 0.717) is 17.7 Å². The number of carbonyl (C=O) groups is 2. The first-order chi connectivity index (χ1) is 9.91. The number of carboxylic acid groups (broad SMARTS) is 1. The summed E-state index contributed by atoms with van der Waals surface area (Å²) in [6, 6.07) is 7.12. The molecule has 2 N–H and O–H groups in total. The molecule has 0 bridgehead atoms. The number of methoxy groups -OCH3 is 1. The van der Waals surface area contributed by atoms with Crippen molar-refractivity contribution in [3.63, 3.8) is 0 Å². The van der Waals surface area contributed by atoms with Crippen LogP contribution in [0.5, 0.6) is 5.75 Å². The summed E-state index contributed by atoms with van der Waals surface area (Å²) in [5, 5.41) is 12.0. The molecule has 1 aromatic rings. The average Bonchev–Trinajstić information content (AvgIpc) is 2.44. The topological polar surface area (TPSA) is 75.6 Å². The summed E-state index contributed by atoms with van der Waals surface area (Å²) in [6.07, 6.45) is 1.92. The molecule has 0 aliphatic carbocycles. The van der Waals surface area contributed by atoms with Gasteiger partial charge in [0, 0.05) is 6.42 Å². The molecule has 0 aliphatic heterocycles. The molecule has 116 valence electrons. The normalized spacial score (nSPS) is 13.3. The first-order valence-electron chi connectivity index (χ1n) is 7.08. The molecule has 1 unspecified atom stereocenters. The molecule has 1 amide bonds. The molecule has 5 heteroatoms. The van der Waals surface area contributed by atoms with Gasteiger partial charge < -0.3 is 15.2 Å². The van der Waals surface area contributed by atoms with Crippen LogP contribution in [-0.2, 0) is 15.1 Å². The number of hydrogen-bond acceptors (Lipinski definition) is 3. The van der Waals surface area contributed by atoms with Crippen LogP contribution in [0.4, 0.5) is 0 Å². The number of aliphatic carboxylic acids is 1. The summed E-state index contributed by atoms with van der Waals surface area (Å²) >= 11 is 0. The number of amides is 1. The molecule has 0 fully saturated rings. The zero-order chi connectivity index (χ0) is 15.9. The number of unbranched alkanes of at least 4 members (excludes halogenated alkanes) is 1. The van der Waals surface area contributed by atoms with Crippen molar-refractivity contribution >= 4 is 11.9 Å². The Balaban J connectivity index is 3.01. The Hall–Kier alpha value is -2.04. The molecule has 0 spiro atoms. The monoisotopic (exact) mass is 293 g/mol. The van der Waals surface area contributed by atoms with E-state index in [-0.39, 0.29) is 12.3 Å². The number of carbonyl (C=O) groups excluding carboxylic acids is 1. The van der Waals surface area contributed by atoms with Crippen molar-refractivity contribution in [3.05, 3.63) is 29.8 Å². The summed E-state index contributed by atoms with van der Waals surface area (Å²) in [6.45, 7) is 3.73. The zero-order valence-corrected chi connectivity index (χ0v) is 12.8. The highest BCUT2D eigenvalue weighted by Crippen LogP contribution is 2.28. The van der Waals surface area contributed by atoms with Crippen LogP contribution in [0.25, 0.3) is 0 Å². The molecule has 5 nitrogen and oxygen atoms in total. The van der Waals surface area contributed by atoms with E-state index in [4.69, 9.17) is 9.84 Å². The molecular weight excluding hydrogens is 270 g/mol. The number of benzene rings is 1. The van der Waals surface area contributed by atoms with Gasteiger partial charge in [0.25, 0.3) is 0 Å². The van der Waals surface area contributed by atoms with Crippen LogP contribution in [0.15, 0.2) is 24.3 Å². The van der Waals surface area contributed by atoms with Gasteiger partial charge >= 0.3 is 5.97 Å². The van der Waals surface area contributed by atoms with Gasteiger partial charge in [-0.05, 0) is 31.0 Å². The van der Waals surface area contributed by atoms with E-state index in [1.54, 1.807) is 38.3 Å². The Kier molecular flexibility index (Phi) is 6.21. The first-order valence-corrected chi connectivity index (χ1v) is 7.08. The molecule has 1 atom stereocenters. The highest BCUT2D eigenvalue weighted by Gasteiger charge is 2.31. The standard InChI is InChI=1S/C16H23NO4/c1-4-5-9-14(18)17-16(2,11-15(19)20)12-7-6-8-13(10-12)21-3/h6-8,10H,4-5,9,11H2,1-3H3,(H,17,18)(H,19,20). The lowest BCUT2D eigenvalue weighted by atomic mass is 9.88. The second-order valence-electron chi connectivity index (χ2n) is 5.29. The Morgan fingerprint density at radius 1 is 1.38 bits per heavy atom. The first kappa shape index (κ1) is 17.0. The molecule has 0 saturated heterocycles. The average molecular weight is 293 g/mol. The molecule has 0 aromatic heterocycles. The maximum atomic E-state index is 12.0. The van der Waals surface area contributed by atoms with Crippen LogP contribution >= 0.6 is 0 Å². The lowest BCUT2D eigenvalue weighted by Gasteiger charge is -2.30. The van der Waals surface area contributed by atoms with E-state index in [2.05, 4.69) is 5.32 Å². The number of carboxylic acids is 1. The SMILES string of the molecule is CCCCC(=O)NC(C)(CC(=O)O)c1cccc(OC)c1. The van der Waals surface area contributed by atoms with Crippen LogP contribution in [0.3, 0.4) is 0 Å². The second-order valence-corrected chi connectivity index (χ2v) is 5.29. The molecule has 21 heavy (non-hydrogen) atoms. The van der Waals surface area contributed by atoms with E-state index in [9.17, 15) is 9.59 Å².